The Kier molecular flexibility index (Phi) is 5.12. The summed E-state index contributed by atoms with van der Waals surface area (Å²) in [7, 11) is 0. The molecule has 0 aromatic carbocycles. The van der Waals surface area contributed by atoms with Crippen molar-refractivity contribution in [3.8, 4) is 0 Å². The molecule has 1 rings (SSSR count). The highest BCUT2D eigenvalue weighted by atomic mass is 35.5. The maximum absolute atomic E-state index is 11.2. The first-order valence-corrected chi connectivity index (χ1v) is 4.16. The Bertz CT molecular complexity index is 328. The summed E-state index contributed by atoms with van der Waals surface area (Å²) in [6.07, 6.45) is 0.812. The number of carbonyl (C=O) groups excluding carboxylic acids is 1. The van der Waals surface area contributed by atoms with Crippen molar-refractivity contribution in [2.24, 2.45) is 5.84 Å². The Morgan fingerprint density at radius 2 is 2.21 bits per heavy atom. The molecule has 1 aromatic rings. The Morgan fingerprint density at radius 1 is 1.57 bits per heavy atom. The van der Waals surface area contributed by atoms with E-state index in [1.165, 1.54) is 0 Å². The number of rotatable bonds is 2. The summed E-state index contributed by atoms with van der Waals surface area (Å²) in [5.74, 6) is 4.75. The summed E-state index contributed by atoms with van der Waals surface area (Å²) in [4.78, 5) is 15.4. The normalized spacial score (nSPS) is 9.07. The number of hydrogen-bond donors (Lipinski definition) is 2. The van der Waals surface area contributed by atoms with Crippen LogP contribution in [0.5, 0.6) is 0 Å². The van der Waals surface area contributed by atoms with Crippen LogP contribution < -0.4 is 11.3 Å². The van der Waals surface area contributed by atoms with E-state index in [-0.39, 0.29) is 18.3 Å². The Hall–Kier alpha value is -1.13. The molecule has 0 unspecified atom stereocenters. The number of carbonyl (C=O) groups is 1. The molecule has 14 heavy (non-hydrogen) atoms. The highest BCUT2D eigenvalue weighted by Gasteiger charge is 2.05. The molecule has 4 nitrogen and oxygen atoms in total. The number of nitrogens with one attached hydrogen (secondary N) is 1. The van der Waals surface area contributed by atoms with Crippen molar-refractivity contribution >= 4 is 18.3 Å². The number of hydrazine groups is 1. The minimum absolute atomic E-state index is 0. The van der Waals surface area contributed by atoms with Crippen LogP contribution >= 0.6 is 12.4 Å². The van der Waals surface area contributed by atoms with E-state index in [0.29, 0.717) is 5.56 Å². The van der Waals surface area contributed by atoms with E-state index in [1.54, 1.807) is 12.1 Å². The van der Waals surface area contributed by atoms with Gasteiger partial charge in [0.15, 0.2) is 0 Å². The molecule has 5 heteroatoms. The van der Waals surface area contributed by atoms with Gasteiger partial charge in [0, 0.05) is 17.0 Å². The summed E-state index contributed by atoms with van der Waals surface area (Å²) >= 11 is 0. The minimum atomic E-state index is -0.278. The molecule has 0 radical (unpaired) electrons. The first-order valence-electron chi connectivity index (χ1n) is 4.16. The Balaban J connectivity index is 0.00000169. The number of pyridine rings is 1. The second kappa shape index (κ2) is 5.57. The van der Waals surface area contributed by atoms with E-state index < -0.39 is 0 Å². The zero-order valence-corrected chi connectivity index (χ0v) is 9.02. The molecule has 0 aliphatic rings. The van der Waals surface area contributed by atoms with E-state index in [0.717, 1.165) is 17.8 Å². The molecule has 1 aromatic heterocycles. The van der Waals surface area contributed by atoms with Gasteiger partial charge >= 0.3 is 0 Å². The lowest BCUT2D eigenvalue weighted by Crippen LogP contribution is -2.30. The second-order valence-corrected chi connectivity index (χ2v) is 2.82. The molecular formula is C9H14ClN3O. The van der Waals surface area contributed by atoms with E-state index in [1.807, 2.05) is 13.8 Å². The van der Waals surface area contributed by atoms with E-state index in [2.05, 4.69) is 10.4 Å². The van der Waals surface area contributed by atoms with Crippen LogP contribution in [0.15, 0.2) is 12.1 Å². The summed E-state index contributed by atoms with van der Waals surface area (Å²) < 4.78 is 0. The predicted molar refractivity (Wildman–Crippen MR) is 57.3 cm³/mol. The minimum Gasteiger partial charge on any atom is -0.290 e. The summed E-state index contributed by atoms with van der Waals surface area (Å²) in [5, 5.41) is 0. The predicted octanol–water partition coefficient (Wildman–Crippen LogP) is 0.978. The Morgan fingerprint density at radius 3 is 2.71 bits per heavy atom. The van der Waals surface area contributed by atoms with E-state index in [9.17, 15) is 4.79 Å². The molecule has 3 N–H and O–H groups in total. The summed E-state index contributed by atoms with van der Waals surface area (Å²) in [6, 6.07) is 3.45. The lowest BCUT2D eigenvalue weighted by molar-refractivity contribution is 0.0953. The first-order chi connectivity index (χ1) is 6.17. The fourth-order valence-corrected chi connectivity index (χ4v) is 1.13. The standard InChI is InChI=1S/C9H13N3O.ClH/c1-3-8-5-7(9(13)12-10)4-6(2)11-8;/h4-5H,3,10H2,1-2H3,(H,12,13);1H. The van der Waals surface area contributed by atoms with Gasteiger partial charge in [-0.15, -0.1) is 12.4 Å². The molecule has 0 bridgehead atoms. The first kappa shape index (κ1) is 12.9. The van der Waals surface area contributed by atoms with Crippen LogP contribution in [-0.4, -0.2) is 10.9 Å². The van der Waals surface area contributed by atoms with E-state index in [4.69, 9.17) is 5.84 Å². The van der Waals surface area contributed by atoms with Crippen LogP contribution in [-0.2, 0) is 6.42 Å². The molecular weight excluding hydrogens is 202 g/mol. The van der Waals surface area contributed by atoms with Gasteiger partial charge in [-0.2, -0.15) is 0 Å². The SMILES string of the molecule is CCc1cc(C(=O)NN)cc(C)n1.Cl. The quantitative estimate of drug-likeness (QED) is 0.439. The number of nitrogens with two attached hydrogens (primary N) is 1. The van der Waals surface area contributed by atoms with Gasteiger partial charge < -0.3 is 0 Å². The number of hydrogen-bond acceptors (Lipinski definition) is 3. The van der Waals surface area contributed by atoms with Crippen molar-refractivity contribution in [1.29, 1.82) is 0 Å². The van der Waals surface area contributed by atoms with Crippen molar-refractivity contribution in [3.05, 3.63) is 29.1 Å². The highest BCUT2D eigenvalue weighted by molar-refractivity contribution is 5.93. The largest absolute Gasteiger partial charge is 0.290 e. The molecule has 1 amide bonds. The molecule has 0 fully saturated rings. The van der Waals surface area contributed by atoms with Gasteiger partial charge in [0.05, 0.1) is 0 Å². The highest BCUT2D eigenvalue weighted by Crippen LogP contribution is 2.05. The van der Waals surface area contributed by atoms with Crippen LogP contribution in [0.25, 0.3) is 0 Å². The average Bonchev–Trinajstić information content (AvgIpc) is 2.15. The van der Waals surface area contributed by atoms with Gasteiger partial charge in [0.2, 0.25) is 0 Å². The molecule has 0 saturated carbocycles. The maximum Gasteiger partial charge on any atom is 0.265 e. The number of aromatic nitrogens is 1. The van der Waals surface area contributed by atoms with Crippen LogP contribution in [0.1, 0.15) is 28.7 Å². The topological polar surface area (TPSA) is 68.0 Å². The summed E-state index contributed by atoms with van der Waals surface area (Å²) in [6.45, 7) is 3.85. The van der Waals surface area contributed by atoms with Crippen molar-refractivity contribution in [2.75, 3.05) is 0 Å². The Labute approximate surface area is 89.3 Å². The monoisotopic (exact) mass is 215 g/mol. The molecule has 78 valence electrons. The number of halogens is 1. The smallest absolute Gasteiger partial charge is 0.265 e. The van der Waals surface area contributed by atoms with Gasteiger partial charge in [0.1, 0.15) is 0 Å². The lowest BCUT2D eigenvalue weighted by Gasteiger charge is -2.03. The number of aryl methyl sites for hydroxylation is 2. The third kappa shape index (κ3) is 2.97. The molecule has 0 aliphatic heterocycles. The lowest BCUT2D eigenvalue weighted by atomic mass is 10.1. The van der Waals surface area contributed by atoms with Gasteiger partial charge in [-0.1, -0.05) is 6.92 Å². The molecule has 0 atom stereocenters. The van der Waals surface area contributed by atoms with Gasteiger partial charge in [-0.3, -0.25) is 15.2 Å². The van der Waals surface area contributed by atoms with Crippen LogP contribution in [0.2, 0.25) is 0 Å². The van der Waals surface area contributed by atoms with Crippen LogP contribution in [0.4, 0.5) is 0 Å². The number of amides is 1. The van der Waals surface area contributed by atoms with Crippen LogP contribution in [0.3, 0.4) is 0 Å². The average molecular weight is 216 g/mol. The van der Waals surface area contributed by atoms with Crippen molar-refractivity contribution < 1.29 is 4.79 Å². The zero-order chi connectivity index (χ0) is 9.84. The molecule has 1 heterocycles. The zero-order valence-electron chi connectivity index (χ0n) is 8.20. The molecule has 0 aliphatic carbocycles. The van der Waals surface area contributed by atoms with Gasteiger partial charge in [0.25, 0.3) is 5.91 Å². The number of nitrogens with zero attached hydrogens (tertiary/aromatic N) is 1. The maximum atomic E-state index is 11.2. The van der Waals surface area contributed by atoms with Crippen molar-refractivity contribution in [2.45, 2.75) is 20.3 Å². The fourth-order valence-electron chi connectivity index (χ4n) is 1.13. The second-order valence-electron chi connectivity index (χ2n) is 2.82. The van der Waals surface area contributed by atoms with Crippen LogP contribution in [0, 0.1) is 6.92 Å². The molecule has 0 saturated heterocycles. The fraction of sp³-hybridized carbons (Fsp3) is 0.333. The van der Waals surface area contributed by atoms with Crippen molar-refractivity contribution in [1.82, 2.24) is 10.4 Å². The van der Waals surface area contributed by atoms with Crippen molar-refractivity contribution in [3.63, 3.8) is 0 Å². The summed E-state index contributed by atoms with van der Waals surface area (Å²) in [5.41, 5.74) is 4.39. The third-order valence-corrected chi connectivity index (χ3v) is 1.76. The van der Waals surface area contributed by atoms with E-state index >= 15 is 0 Å². The number of nitrogen functional groups attached to an aromatic ring is 1. The van der Waals surface area contributed by atoms with Gasteiger partial charge in [-0.25, -0.2) is 5.84 Å². The molecule has 0 spiro atoms. The van der Waals surface area contributed by atoms with Gasteiger partial charge in [-0.05, 0) is 25.5 Å². The third-order valence-electron chi connectivity index (χ3n) is 1.76.